The van der Waals surface area contributed by atoms with Gasteiger partial charge in [-0.1, -0.05) is 0 Å². The van der Waals surface area contributed by atoms with Crippen LogP contribution in [0.15, 0.2) is 0 Å². The van der Waals surface area contributed by atoms with E-state index in [1.807, 2.05) is 11.7 Å². The Kier molecular flexibility index (Phi) is 5.82. The molecule has 2 N–H and O–H groups in total. The fourth-order valence-electron chi connectivity index (χ4n) is 2.78. The van der Waals surface area contributed by atoms with E-state index in [1.165, 1.54) is 11.4 Å². The summed E-state index contributed by atoms with van der Waals surface area (Å²) in [6, 6.07) is 0.450. The molecule has 5 nitrogen and oxygen atoms in total. The molecule has 1 unspecified atom stereocenters. The van der Waals surface area contributed by atoms with Gasteiger partial charge < -0.3 is 15.5 Å². The first-order chi connectivity index (χ1) is 8.92. The van der Waals surface area contributed by atoms with Crippen LogP contribution in [-0.2, 0) is 13.5 Å². The summed E-state index contributed by atoms with van der Waals surface area (Å²) >= 11 is 0. The summed E-state index contributed by atoms with van der Waals surface area (Å²) < 4.78 is 2.00. The van der Waals surface area contributed by atoms with Gasteiger partial charge in [0.25, 0.3) is 0 Å². The van der Waals surface area contributed by atoms with E-state index in [0.29, 0.717) is 12.6 Å². The van der Waals surface area contributed by atoms with E-state index >= 15 is 0 Å². The number of aryl methyl sites for hydroxylation is 2. The molecule has 0 spiro atoms. The van der Waals surface area contributed by atoms with E-state index < -0.39 is 0 Å². The predicted molar refractivity (Wildman–Crippen MR) is 81.7 cm³/mol. The molecule has 1 atom stereocenters. The third-order valence-electron chi connectivity index (χ3n) is 3.48. The molecule has 19 heavy (non-hydrogen) atoms. The van der Waals surface area contributed by atoms with Crippen molar-refractivity contribution in [1.29, 1.82) is 0 Å². The standard InChI is InChI=1S/C14H29N5/c1-7-19(11(2)10-17(4)5)14-13(8-9-15)12(3)16-18(14)6/h11H,7-10,15H2,1-6H3. The number of rotatable bonds is 7. The highest BCUT2D eigenvalue weighted by molar-refractivity contribution is 5.51. The van der Waals surface area contributed by atoms with Crippen LogP contribution in [0.4, 0.5) is 5.82 Å². The summed E-state index contributed by atoms with van der Waals surface area (Å²) in [6.07, 6.45) is 0.889. The molecule has 0 saturated carbocycles. The Hall–Kier alpha value is -1.07. The van der Waals surface area contributed by atoms with E-state index in [0.717, 1.165) is 25.2 Å². The van der Waals surface area contributed by atoms with Crippen LogP contribution in [0.1, 0.15) is 25.1 Å². The van der Waals surface area contributed by atoms with Gasteiger partial charge in [0.05, 0.1) is 5.69 Å². The summed E-state index contributed by atoms with van der Waals surface area (Å²) in [5.74, 6) is 1.22. The third kappa shape index (κ3) is 3.70. The minimum absolute atomic E-state index is 0.450. The van der Waals surface area contributed by atoms with Gasteiger partial charge in [-0.3, -0.25) is 4.68 Å². The molecule has 0 fully saturated rings. The first-order valence-corrected chi connectivity index (χ1v) is 7.06. The van der Waals surface area contributed by atoms with E-state index in [1.54, 1.807) is 0 Å². The quantitative estimate of drug-likeness (QED) is 0.801. The monoisotopic (exact) mass is 267 g/mol. The largest absolute Gasteiger partial charge is 0.353 e. The normalized spacial score (nSPS) is 13.1. The molecular formula is C14H29N5. The number of nitrogens with two attached hydrogens (primary N) is 1. The highest BCUT2D eigenvalue weighted by Crippen LogP contribution is 2.25. The van der Waals surface area contributed by atoms with E-state index in [-0.39, 0.29) is 0 Å². The van der Waals surface area contributed by atoms with Crippen LogP contribution < -0.4 is 10.6 Å². The van der Waals surface area contributed by atoms with Gasteiger partial charge in [-0.2, -0.15) is 5.10 Å². The number of aromatic nitrogens is 2. The lowest BCUT2D eigenvalue weighted by molar-refractivity contribution is 0.370. The van der Waals surface area contributed by atoms with E-state index in [2.05, 4.69) is 49.8 Å². The van der Waals surface area contributed by atoms with Gasteiger partial charge in [-0.15, -0.1) is 0 Å². The maximum absolute atomic E-state index is 5.74. The van der Waals surface area contributed by atoms with E-state index in [4.69, 9.17) is 5.73 Å². The lowest BCUT2D eigenvalue weighted by atomic mass is 10.1. The minimum atomic E-state index is 0.450. The fourth-order valence-corrected chi connectivity index (χ4v) is 2.78. The average molecular weight is 267 g/mol. The maximum atomic E-state index is 5.74. The molecule has 0 aliphatic heterocycles. The van der Waals surface area contributed by atoms with Crippen molar-refractivity contribution in [2.24, 2.45) is 12.8 Å². The lowest BCUT2D eigenvalue weighted by Gasteiger charge is -2.32. The highest BCUT2D eigenvalue weighted by atomic mass is 15.4. The molecule has 0 saturated heterocycles. The van der Waals surface area contributed by atoms with Crippen molar-refractivity contribution in [1.82, 2.24) is 14.7 Å². The molecule has 0 aliphatic rings. The first kappa shape index (κ1) is 16.0. The summed E-state index contributed by atoms with van der Waals surface area (Å²) in [5, 5.41) is 4.57. The Labute approximate surface area is 117 Å². The molecule has 5 heteroatoms. The van der Waals surface area contributed by atoms with Gasteiger partial charge in [0, 0.05) is 31.7 Å². The Morgan fingerprint density at radius 2 is 2.00 bits per heavy atom. The van der Waals surface area contributed by atoms with Crippen molar-refractivity contribution < 1.29 is 0 Å². The smallest absolute Gasteiger partial charge is 0.130 e. The van der Waals surface area contributed by atoms with Crippen molar-refractivity contribution in [2.45, 2.75) is 33.2 Å². The van der Waals surface area contributed by atoms with Crippen LogP contribution in [-0.4, -0.2) is 54.5 Å². The van der Waals surface area contributed by atoms with Gasteiger partial charge in [0.2, 0.25) is 0 Å². The fraction of sp³-hybridized carbons (Fsp3) is 0.786. The molecule has 110 valence electrons. The van der Waals surface area contributed by atoms with E-state index in [9.17, 15) is 0 Å². The summed E-state index contributed by atoms with van der Waals surface area (Å²) in [6.45, 7) is 9.20. The zero-order chi connectivity index (χ0) is 14.6. The highest BCUT2D eigenvalue weighted by Gasteiger charge is 2.22. The summed E-state index contributed by atoms with van der Waals surface area (Å²) in [4.78, 5) is 4.64. The zero-order valence-electron chi connectivity index (χ0n) is 13.3. The molecule has 1 aromatic rings. The average Bonchev–Trinajstić information content (AvgIpc) is 2.57. The molecule has 0 radical (unpaired) electrons. The number of hydrogen-bond acceptors (Lipinski definition) is 4. The molecule has 1 heterocycles. The van der Waals surface area contributed by atoms with Crippen LogP contribution in [0.25, 0.3) is 0 Å². The molecule has 0 amide bonds. The number of anilines is 1. The van der Waals surface area contributed by atoms with Crippen molar-refractivity contribution in [3.63, 3.8) is 0 Å². The van der Waals surface area contributed by atoms with Crippen LogP contribution in [0, 0.1) is 6.92 Å². The number of likely N-dealkylation sites (N-methyl/N-ethyl adjacent to an activating group) is 2. The third-order valence-corrected chi connectivity index (χ3v) is 3.48. The minimum Gasteiger partial charge on any atom is -0.353 e. The maximum Gasteiger partial charge on any atom is 0.130 e. The van der Waals surface area contributed by atoms with Gasteiger partial charge in [0.1, 0.15) is 5.82 Å². The number of nitrogens with zero attached hydrogens (tertiary/aromatic N) is 4. The van der Waals surface area contributed by atoms with Crippen molar-refractivity contribution in [3.05, 3.63) is 11.3 Å². The van der Waals surface area contributed by atoms with Crippen LogP contribution in [0.3, 0.4) is 0 Å². The molecule has 1 rings (SSSR count). The first-order valence-electron chi connectivity index (χ1n) is 7.06. The van der Waals surface area contributed by atoms with Crippen molar-refractivity contribution >= 4 is 5.82 Å². The second-order valence-electron chi connectivity index (χ2n) is 5.45. The molecule has 0 aliphatic carbocycles. The Balaban J connectivity index is 3.09. The Morgan fingerprint density at radius 3 is 2.47 bits per heavy atom. The van der Waals surface area contributed by atoms with Crippen LogP contribution >= 0.6 is 0 Å². The predicted octanol–water partition coefficient (Wildman–Crippen LogP) is 1.01. The molecular weight excluding hydrogens is 238 g/mol. The second kappa shape index (κ2) is 6.91. The summed E-state index contributed by atoms with van der Waals surface area (Å²) in [5.41, 5.74) is 8.13. The second-order valence-corrected chi connectivity index (χ2v) is 5.45. The van der Waals surface area contributed by atoms with Crippen LogP contribution in [0.5, 0.6) is 0 Å². The molecule has 1 aromatic heterocycles. The summed E-state index contributed by atoms with van der Waals surface area (Å²) in [7, 11) is 6.24. The Morgan fingerprint density at radius 1 is 1.37 bits per heavy atom. The molecule has 0 bridgehead atoms. The van der Waals surface area contributed by atoms with Gasteiger partial charge in [0.15, 0.2) is 0 Å². The van der Waals surface area contributed by atoms with Gasteiger partial charge >= 0.3 is 0 Å². The van der Waals surface area contributed by atoms with Crippen molar-refractivity contribution in [2.75, 3.05) is 38.6 Å². The molecule has 0 aromatic carbocycles. The van der Waals surface area contributed by atoms with Gasteiger partial charge in [-0.05, 0) is 47.8 Å². The van der Waals surface area contributed by atoms with Crippen LogP contribution in [0.2, 0.25) is 0 Å². The topological polar surface area (TPSA) is 50.3 Å². The SMILES string of the molecule is CCN(c1c(CCN)c(C)nn1C)C(C)CN(C)C. The Bertz CT molecular complexity index is 397. The lowest BCUT2D eigenvalue weighted by Crippen LogP contribution is -2.41. The zero-order valence-corrected chi connectivity index (χ0v) is 13.3. The van der Waals surface area contributed by atoms with Gasteiger partial charge in [-0.25, -0.2) is 0 Å². The van der Waals surface area contributed by atoms with Crippen molar-refractivity contribution in [3.8, 4) is 0 Å². The number of hydrogen-bond donors (Lipinski definition) is 1.